The van der Waals surface area contributed by atoms with Crippen molar-refractivity contribution in [2.45, 2.75) is 13.0 Å². The number of aliphatic hydroxyl groups is 1. The van der Waals surface area contributed by atoms with Crippen molar-refractivity contribution < 1.29 is 14.4 Å². The highest BCUT2D eigenvalue weighted by molar-refractivity contribution is 7.51. The van der Waals surface area contributed by atoms with Crippen molar-refractivity contribution in [3.63, 3.8) is 0 Å². The van der Waals surface area contributed by atoms with Gasteiger partial charge in [-0.1, -0.05) is 0 Å². The number of hydrogen-bond donors (Lipinski definition) is 1. The van der Waals surface area contributed by atoms with Crippen LogP contribution in [-0.2, 0) is 9.32 Å². The van der Waals surface area contributed by atoms with E-state index >= 15 is 0 Å². The second-order valence-electron chi connectivity index (χ2n) is 1.90. The molecule has 0 spiro atoms. The maximum Gasteiger partial charge on any atom is 0.337 e. The average molecular weight is 150 g/mol. The summed E-state index contributed by atoms with van der Waals surface area (Å²) in [5.74, 6) is -0.536. The molecule has 0 amide bonds. The van der Waals surface area contributed by atoms with E-state index in [1.54, 1.807) is 13.3 Å². The molecule has 9 heavy (non-hydrogen) atoms. The summed E-state index contributed by atoms with van der Waals surface area (Å²) in [7, 11) is -0.682. The molecule has 0 aliphatic carbocycles. The maximum absolute atomic E-state index is 10.5. The third-order valence-electron chi connectivity index (χ3n) is 0.614. The lowest BCUT2D eigenvalue weighted by Gasteiger charge is -2.07. The lowest BCUT2D eigenvalue weighted by Crippen LogP contribution is -2.16. The Bertz CT molecular complexity index is 100. The minimum absolute atomic E-state index is 0.536. The smallest absolute Gasteiger partial charge is 0.337 e. The van der Waals surface area contributed by atoms with Gasteiger partial charge in [-0.05, 0) is 20.3 Å². The lowest BCUT2D eigenvalue weighted by molar-refractivity contribution is -0.141. The summed E-state index contributed by atoms with van der Waals surface area (Å²) in [4.78, 5) is 10.5. The fourth-order valence-corrected chi connectivity index (χ4v) is 0.769. The minimum Gasteiger partial charge on any atom is -0.444 e. The molecule has 54 valence electrons. The topological polar surface area (TPSA) is 46.5 Å². The van der Waals surface area contributed by atoms with Crippen LogP contribution in [0.2, 0.25) is 0 Å². The third kappa shape index (κ3) is 4.37. The monoisotopic (exact) mass is 150 g/mol. The summed E-state index contributed by atoms with van der Waals surface area (Å²) in [5.41, 5.74) is 0. The predicted octanol–water partition coefficient (Wildman–Crippen LogP) is 0.567. The minimum atomic E-state index is -0.991. The number of rotatable bonds is 2. The van der Waals surface area contributed by atoms with E-state index in [0.717, 1.165) is 0 Å². The van der Waals surface area contributed by atoms with E-state index in [2.05, 4.69) is 4.52 Å². The van der Waals surface area contributed by atoms with Gasteiger partial charge in [0.25, 0.3) is 0 Å². The van der Waals surface area contributed by atoms with Gasteiger partial charge in [-0.25, -0.2) is 4.79 Å². The Balaban J connectivity index is 3.51. The van der Waals surface area contributed by atoms with Crippen LogP contribution in [-0.4, -0.2) is 30.5 Å². The summed E-state index contributed by atoms with van der Waals surface area (Å²) in [6.45, 7) is 4.99. The Morgan fingerprint density at radius 2 is 2.11 bits per heavy atom. The van der Waals surface area contributed by atoms with Crippen LogP contribution in [0.1, 0.15) is 6.92 Å². The summed E-state index contributed by atoms with van der Waals surface area (Å²) in [5, 5.41) is 8.61. The summed E-state index contributed by atoms with van der Waals surface area (Å²) >= 11 is 0. The molecule has 1 unspecified atom stereocenters. The Morgan fingerprint density at radius 3 is 2.22 bits per heavy atom. The van der Waals surface area contributed by atoms with Crippen LogP contribution < -0.4 is 0 Å². The van der Waals surface area contributed by atoms with Crippen LogP contribution in [0, 0.1) is 0 Å². The van der Waals surface area contributed by atoms with Gasteiger partial charge >= 0.3 is 5.97 Å². The lowest BCUT2D eigenvalue weighted by atomic mass is 10.4. The zero-order chi connectivity index (χ0) is 7.44. The molecular weight excluding hydrogens is 139 g/mol. The normalized spacial score (nSPS) is 13.4. The van der Waals surface area contributed by atoms with E-state index in [9.17, 15) is 4.79 Å². The highest BCUT2D eigenvalue weighted by atomic mass is 31.1. The third-order valence-corrected chi connectivity index (χ3v) is 1.16. The van der Waals surface area contributed by atoms with Gasteiger partial charge in [0.15, 0.2) is 0 Å². The molecule has 0 bridgehead atoms. The first kappa shape index (κ1) is 8.86. The Morgan fingerprint density at radius 1 is 1.67 bits per heavy atom. The van der Waals surface area contributed by atoms with Crippen molar-refractivity contribution in [3.8, 4) is 0 Å². The molecule has 0 heterocycles. The molecule has 3 nitrogen and oxygen atoms in total. The number of aliphatic hydroxyl groups excluding tert-OH is 1. The molecule has 0 fully saturated rings. The molecule has 0 aromatic heterocycles. The van der Waals surface area contributed by atoms with Crippen molar-refractivity contribution in [2.24, 2.45) is 0 Å². The van der Waals surface area contributed by atoms with Crippen LogP contribution in [0.4, 0.5) is 0 Å². The van der Waals surface area contributed by atoms with Crippen LogP contribution in [0.3, 0.4) is 0 Å². The molecule has 4 heteroatoms. The summed E-state index contributed by atoms with van der Waals surface area (Å²) < 4.78 is 4.69. The van der Waals surface area contributed by atoms with E-state index < -0.39 is 20.2 Å². The van der Waals surface area contributed by atoms with Gasteiger partial charge in [-0.2, -0.15) is 0 Å². The highest BCUT2D eigenvalue weighted by Crippen LogP contribution is 2.26. The fraction of sp³-hybridized carbons (Fsp3) is 0.800. The maximum atomic E-state index is 10.5. The Labute approximate surface area is 55.9 Å². The van der Waals surface area contributed by atoms with Crippen LogP contribution in [0.5, 0.6) is 0 Å². The first-order valence-electron chi connectivity index (χ1n) is 2.61. The van der Waals surface area contributed by atoms with Gasteiger partial charge in [-0.3, -0.25) is 0 Å². The van der Waals surface area contributed by atoms with E-state index in [-0.39, 0.29) is 0 Å². The van der Waals surface area contributed by atoms with Gasteiger partial charge < -0.3 is 9.63 Å². The zero-order valence-electron chi connectivity index (χ0n) is 5.79. The second-order valence-corrected chi connectivity index (χ2v) is 3.71. The molecule has 0 radical (unpaired) electrons. The first-order valence-corrected chi connectivity index (χ1v) is 4.76. The Hall–Kier alpha value is -0.140. The molecule has 1 atom stereocenters. The average Bonchev–Trinajstić information content (AvgIpc) is 1.63. The zero-order valence-corrected chi connectivity index (χ0v) is 6.68. The molecule has 0 rings (SSSR count). The molecule has 1 N–H and O–H groups in total. The van der Waals surface area contributed by atoms with E-state index in [1.165, 1.54) is 6.92 Å². The standard InChI is InChI=1S/C5H11O3P/c1-4(6)5(7)8-9(2)3/h4,6H,1-3H3. The van der Waals surface area contributed by atoms with Gasteiger partial charge in [0.1, 0.15) is 6.10 Å². The number of hydrogen-bond acceptors (Lipinski definition) is 3. The second kappa shape index (κ2) is 3.80. The SMILES string of the molecule is CC(O)C(=O)OP(C)C. The van der Waals surface area contributed by atoms with Gasteiger partial charge in [0.2, 0.25) is 0 Å². The molecule has 0 aromatic rings. The largest absolute Gasteiger partial charge is 0.444 e. The fourth-order valence-electron chi connectivity index (χ4n) is 0.256. The summed E-state index contributed by atoms with van der Waals surface area (Å²) in [6, 6.07) is 0. The van der Waals surface area contributed by atoms with Crippen LogP contribution in [0.25, 0.3) is 0 Å². The van der Waals surface area contributed by atoms with Gasteiger partial charge in [-0.15, -0.1) is 0 Å². The van der Waals surface area contributed by atoms with Crippen molar-refractivity contribution in [1.82, 2.24) is 0 Å². The quantitative estimate of drug-likeness (QED) is 0.585. The molecule has 0 aromatic carbocycles. The first-order chi connectivity index (χ1) is 4.04. The Kier molecular flexibility index (Phi) is 3.75. The van der Waals surface area contributed by atoms with Crippen LogP contribution >= 0.6 is 8.15 Å². The van der Waals surface area contributed by atoms with Crippen LogP contribution in [0.15, 0.2) is 0 Å². The van der Waals surface area contributed by atoms with Crippen molar-refractivity contribution in [1.29, 1.82) is 0 Å². The van der Waals surface area contributed by atoms with Gasteiger partial charge in [0, 0.05) is 0 Å². The molecule has 0 aliphatic rings. The highest BCUT2D eigenvalue weighted by Gasteiger charge is 2.10. The summed E-state index contributed by atoms with van der Waals surface area (Å²) in [6.07, 6.45) is -0.991. The molecule has 0 saturated carbocycles. The predicted molar refractivity (Wildman–Crippen MR) is 36.5 cm³/mol. The van der Waals surface area contributed by atoms with Crippen molar-refractivity contribution in [3.05, 3.63) is 0 Å². The molecule has 0 saturated heterocycles. The van der Waals surface area contributed by atoms with Crippen molar-refractivity contribution >= 4 is 14.1 Å². The van der Waals surface area contributed by atoms with E-state index in [4.69, 9.17) is 5.11 Å². The molecular formula is C5H11O3P. The van der Waals surface area contributed by atoms with Gasteiger partial charge in [0.05, 0.1) is 8.15 Å². The van der Waals surface area contributed by atoms with E-state index in [0.29, 0.717) is 0 Å². The molecule has 0 aliphatic heterocycles. The van der Waals surface area contributed by atoms with Crippen molar-refractivity contribution in [2.75, 3.05) is 13.3 Å². The number of carbonyl (C=O) groups is 1. The van der Waals surface area contributed by atoms with E-state index in [1.807, 2.05) is 0 Å². The number of carbonyl (C=O) groups excluding carboxylic acids is 1.